The molecule has 1 amide bonds. The van der Waals surface area contributed by atoms with Crippen LogP contribution in [0, 0.1) is 29.1 Å². The Morgan fingerprint density at radius 1 is 1.22 bits per heavy atom. The van der Waals surface area contributed by atoms with Gasteiger partial charge in [-0.3, -0.25) is 9.63 Å². The standard InChI is InChI=1S/C40H62N6O4/c1-24-33-18-29(40(33,3)4)19-34(24)43-39(48)37-36(25(2)47)35(20-41)50-46(37)23-27-11-9-13-32(38(27)49-8)28-15-26(16-31(17-28)44(5)6)21-42-22-30-12-10-14-45(30)7/h9,11,13,15-17,24-25,29-30,33-37,42,47H,10,12,14,18-23,41H2,1-8H3,(H,43,48)/t24-,25-,29-,30?,33+,34-,35-,36+,37-/m0/s1. The molecule has 3 saturated carbocycles. The van der Waals surface area contributed by atoms with E-state index in [2.05, 4.69) is 86.6 Å². The van der Waals surface area contributed by atoms with E-state index in [1.165, 1.54) is 31.4 Å². The lowest BCUT2D eigenvalue weighted by molar-refractivity contribution is -0.175. The van der Waals surface area contributed by atoms with Crippen molar-refractivity contribution in [2.24, 2.45) is 34.8 Å². The number of nitrogens with two attached hydrogens (primary N) is 1. The van der Waals surface area contributed by atoms with E-state index in [1.54, 1.807) is 19.1 Å². The molecular weight excluding hydrogens is 628 g/mol. The molecule has 7 rings (SSSR count). The molecule has 0 spiro atoms. The highest BCUT2D eigenvalue weighted by Gasteiger charge is 2.57. The second kappa shape index (κ2) is 15.1. The highest BCUT2D eigenvalue weighted by atomic mass is 16.7. The van der Waals surface area contributed by atoms with Gasteiger partial charge in [-0.25, -0.2) is 0 Å². The largest absolute Gasteiger partial charge is 0.496 e. The Morgan fingerprint density at radius 2 is 2.00 bits per heavy atom. The third kappa shape index (κ3) is 7.17. The van der Waals surface area contributed by atoms with Gasteiger partial charge < -0.3 is 36.0 Å². The SMILES string of the molecule is COc1c(CN2O[C@@H](CN)[C@@H]([C@H](C)O)[C@H]2C(=O)N[C@H]2C[C@@H]3C[C@H]([C@@H]2C)C3(C)C)cccc1-c1cc(CNCC2CCCN2C)cc(N(C)C)c1. The van der Waals surface area contributed by atoms with Crippen LogP contribution in [0.25, 0.3) is 11.1 Å². The maximum absolute atomic E-state index is 14.3. The van der Waals surface area contributed by atoms with Crippen molar-refractivity contribution in [1.29, 1.82) is 0 Å². The van der Waals surface area contributed by atoms with Gasteiger partial charge in [-0.2, -0.15) is 5.06 Å². The van der Waals surface area contributed by atoms with Crippen LogP contribution in [0.4, 0.5) is 5.69 Å². The minimum Gasteiger partial charge on any atom is -0.496 e. The zero-order valence-corrected chi connectivity index (χ0v) is 31.6. The van der Waals surface area contributed by atoms with Crippen molar-refractivity contribution in [1.82, 2.24) is 20.6 Å². The first kappa shape index (κ1) is 37.0. The molecule has 5 N–H and O–H groups in total. The van der Waals surface area contributed by atoms with Gasteiger partial charge in [0.2, 0.25) is 5.91 Å². The summed E-state index contributed by atoms with van der Waals surface area (Å²) in [6.07, 6.45) is 3.48. The van der Waals surface area contributed by atoms with Crippen LogP contribution in [0.1, 0.15) is 64.5 Å². The number of anilines is 1. The van der Waals surface area contributed by atoms with E-state index in [1.807, 2.05) is 12.1 Å². The molecular formula is C40H62N6O4. The van der Waals surface area contributed by atoms with Gasteiger partial charge in [0.05, 0.1) is 25.9 Å². The number of nitrogens with one attached hydrogen (secondary N) is 2. The molecule has 0 radical (unpaired) electrons. The highest BCUT2D eigenvalue weighted by molar-refractivity contribution is 5.83. The number of benzene rings is 2. The van der Waals surface area contributed by atoms with Crippen LogP contribution in [-0.4, -0.2) is 99.2 Å². The van der Waals surface area contributed by atoms with Crippen molar-refractivity contribution in [2.75, 3.05) is 52.8 Å². The van der Waals surface area contributed by atoms with E-state index < -0.39 is 24.2 Å². The van der Waals surface area contributed by atoms with E-state index >= 15 is 0 Å². The molecule has 2 aromatic carbocycles. The molecule has 0 aromatic heterocycles. The fourth-order valence-electron chi connectivity index (χ4n) is 9.69. The number of rotatable bonds is 13. The average molecular weight is 691 g/mol. The summed E-state index contributed by atoms with van der Waals surface area (Å²) in [5, 5.41) is 19.9. The maximum atomic E-state index is 14.3. The molecule has 2 aliphatic heterocycles. The minimum absolute atomic E-state index is 0.0995. The Hall–Kier alpha value is -2.73. The second-order valence-electron chi connectivity index (χ2n) is 16.5. The van der Waals surface area contributed by atoms with Crippen LogP contribution in [0.3, 0.4) is 0 Å². The Kier molecular flexibility index (Phi) is 11.2. The van der Waals surface area contributed by atoms with E-state index in [4.69, 9.17) is 15.3 Å². The number of carbonyl (C=O) groups excluding carboxylic acids is 1. The molecule has 2 heterocycles. The highest BCUT2D eigenvalue weighted by Crippen LogP contribution is 2.61. The van der Waals surface area contributed by atoms with E-state index in [0.29, 0.717) is 35.8 Å². The van der Waals surface area contributed by atoms with Crippen LogP contribution in [0.15, 0.2) is 36.4 Å². The molecule has 276 valence electrons. The molecule has 50 heavy (non-hydrogen) atoms. The summed E-state index contributed by atoms with van der Waals surface area (Å²) < 4.78 is 6.15. The molecule has 2 saturated heterocycles. The number of aliphatic hydroxyl groups excluding tert-OH is 1. The Labute approximate surface area is 300 Å². The van der Waals surface area contributed by atoms with Gasteiger partial charge in [0.15, 0.2) is 0 Å². The number of carbonyl (C=O) groups is 1. The number of hydroxylamine groups is 2. The third-order valence-electron chi connectivity index (χ3n) is 12.9. The average Bonchev–Trinajstić information content (AvgIpc) is 3.67. The molecule has 5 aliphatic rings. The van der Waals surface area contributed by atoms with Gasteiger partial charge in [0.25, 0.3) is 0 Å². The predicted octanol–water partition coefficient (Wildman–Crippen LogP) is 4.24. The first-order chi connectivity index (χ1) is 23.8. The van der Waals surface area contributed by atoms with Crippen LogP contribution < -0.4 is 26.0 Å². The van der Waals surface area contributed by atoms with Crippen molar-refractivity contribution in [2.45, 2.75) is 96.8 Å². The summed E-state index contributed by atoms with van der Waals surface area (Å²) in [4.78, 5) is 25.3. The maximum Gasteiger partial charge on any atom is 0.240 e. The fourth-order valence-corrected chi connectivity index (χ4v) is 9.69. The number of para-hydroxylation sites is 1. The summed E-state index contributed by atoms with van der Waals surface area (Å²) in [6.45, 7) is 12.2. The number of methoxy groups -OCH3 is 1. The lowest BCUT2D eigenvalue weighted by Gasteiger charge is -2.62. The number of amides is 1. The Bertz CT molecular complexity index is 1500. The Balaban J connectivity index is 1.25. The van der Waals surface area contributed by atoms with Crippen molar-refractivity contribution < 1.29 is 19.5 Å². The molecule has 1 unspecified atom stereocenters. The summed E-state index contributed by atoms with van der Waals surface area (Å²) in [5.74, 6) is 1.80. The number of hydrogen-bond donors (Lipinski definition) is 4. The number of fused-ring (bicyclic) bond motifs is 2. The first-order valence-corrected chi connectivity index (χ1v) is 18.8. The van der Waals surface area contributed by atoms with Gasteiger partial charge >= 0.3 is 0 Å². The molecule has 10 nitrogen and oxygen atoms in total. The molecule has 2 aromatic rings. The van der Waals surface area contributed by atoms with Gasteiger partial charge in [0, 0.05) is 68.5 Å². The smallest absolute Gasteiger partial charge is 0.240 e. The molecule has 5 fully saturated rings. The normalized spacial score (nSPS) is 31.3. The van der Waals surface area contributed by atoms with Gasteiger partial charge in [0.1, 0.15) is 11.8 Å². The quantitative estimate of drug-likeness (QED) is 0.245. The van der Waals surface area contributed by atoms with Crippen molar-refractivity contribution >= 4 is 11.6 Å². The summed E-state index contributed by atoms with van der Waals surface area (Å²) in [6, 6.07) is 12.8. The van der Waals surface area contributed by atoms with Crippen LogP contribution in [0.2, 0.25) is 0 Å². The molecule has 3 aliphatic carbocycles. The van der Waals surface area contributed by atoms with Crippen molar-refractivity contribution in [3.63, 3.8) is 0 Å². The lowest BCUT2D eigenvalue weighted by atomic mass is 9.45. The summed E-state index contributed by atoms with van der Waals surface area (Å²) >= 11 is 0. The van der Waals surface area contributed by atoms with Crippen LogP contribution >= 0.6 is 0 Å². The van der Waals surface area contributed by atoms with Crippen molar-refractivity contribution in [3.8, 4) is 16.9 Å². The van der Waals surface area contributed by atoms with Gasteiger partial charge in [-0.1, -0.05) is 39.0 Å². The van der Waals surface area contributed by atoms with E-state index in [-0.39, 0.29) is 18.5 Å². The van der Waals surface area contributed by atoms with Gasteiger partial charge in [-0.05, 0) is 98.7 Å². The number of hydrogen-bond acceptors (Lipinski definition) is 9. The molecule has 2 bridgehead atoms. The molecule has 9 atom stereocenters. The van der Waals surface area contributed by atoms with E-state index in [0.717, 1.165) is 47.6 Å². The van der Waals surface area contributed by atoms with Crippen LogP contribution in [-0.2, 0) is 22.7 Å². The zero-order valence-electron chi connectivity index (χ0n) is 31.6. The minimum atomic E-state index is -0.775. The first-order valence-electron chi connectivity index (χ1n) is 18.8. The number of aliphatic hydroxyl groups is 1. The third-order valence-corrected chi connectivity index (χ3v) is 12.9. The van der Waals surface area contributed by atoms with Gasteiger partial charge in [-0.15, -0.1) is 0 Å². The number of likely N-dealkylation sites (tertiary alicyclic amines) is 1. The Morgan fingerprint density at radius 3 is 2.62 bits per heavy atom. The monoisotopic (exact) mass is 690 g/mol. The second-order valence-corrected chi connectivity index (χ2v) is 16.5. The topological polar surface area (TPSA) is 116 Å². The van der Waals surface area contributed by atoms with Crippen LogP contribution in [0.5, 0.6) is 5.75 Å². The predicted molar refractivity (Wildman–Crippen MR) is 200 cm³/mol. The number of likely N-dealkylation sites (N-methyl/N-ethyl adjacent to an activating group) is 1. The summed E-state index contributed by atoms with van der Waals surface area (Å²) in [5.41, 5.74) is 11.8. The fraction of sp³-hybridized carbons (Fsp3) is 0.675. The number of ether oxygens (including phenoxy) is 1. The van der Waals surface area contributed by atoms with Crippen molar-refractivity contribution in [3.05, 3.63) is 47.5 Å². The van der Waals surface area contributed by atoms with E-state index in [9.17, 15) is 9.90 Å². The summed E-state index contributed by atoms with van der Waals surface area (Å²) in [7, 11) is 8.05. The lowest BCUT2D eigenvalue weighted by Crippen LogP contribution is -2.62. The molecule has 10 heteroatoms. The number of nitrogens with zero attached hydrogens (tertiary/aromatic N) is 3. The zero-order chi connectivity index (χ0) is 35.9.